The molecule has 86 valence electrons. The zero-order chi connectivity index (χ0) is 12.3. The van der Waals surface area contributed by atoms with Gasteiger partial charge in [0.1, 0.15) is 10.8 Å². The standard InChI is InChI=1S/C11H8ClN3O2/c12-11-2-1-10(15(16)17)9(14-11)7-8-3-5-13-6-4-8/h1-6H,7H2. The number of hydrogen-bond acceptors (Lipinski definition) is 4. The minimum absolute atomic E-state index is 0.0220. The summed E-state index contributed by atoms with van der Waals surface area (Å²) in [6.45, 7) is 0. The molecule has 0 aliphatic rings. The second-order valence-corrected chi connectivity index (χ2v) is 3.78. The maximum absolute atomic E-state index is 10.8. The van der Waals surface area contributed by atoms with Gasteiger partial charge in [0.25, 0.3) is 5.69 Å². The van der Waals surface area contributed by atoms with E-state index >= 15 is 0 Å². The number of nitro groups is 1. The summed E-state index contributed by atoms with van der Waals surface area (Å²) in [6.07, 6.45) is 3.62. The Balaban J connectivity index is 2.37. The van der Waals surface area contributed by atoms with Crippen molar-refractivity contribution >= 4 is 17.3 Å². The van der Waals surface area contributed by atoms with Gasteiger partial charge in [-0.15, -0.1) is 0 Å². The summed E-state index contributed by atoms with van der Waals surface area (Å²) in [6, 6.07) is 6.35. The lowest BCUT2D eigenvalue weighted by Gasteiger charge is -2.02. The molecule has 0 spiro atoms. The van der Waals surface area contributed by atoms with E-state index in [1.807, 2.05) is 0 Å². The average molecular weight is 250 g/mol. The van der Waals surface area contributed by atoms with E-state index in [9.17, 15) is 10.1 Å². The third-order valence-corrected chi connectivity index (χ3v) is 2.44. The molecular formula is C11H8ClN3O2. The lowest BCUT2D eigenvalue weighted by atomic mass is 10.1. The third kappa shape index (κ3) is 2.76. The van der Waals surface area contributed by atoms with Crippen molar-refractivity contribution in [3.8, 4) is 0 Å². The molecule has 0 fully saturated rings. The SMILES string of the molecule is O=[N+]([O-])c1ccc(Cl)nc1Cc1ccncc1. The summed E-state index contributed by atoms with van der Waals surface area (Å²) in [7, 11) is 0. The normalized spacial score (nSPS) is 10.2. The fourth-order valence-corrected chi connectivity index (χ4v) is 1.62. The van der Waals surface area contributed by atoms with Crippen LogP contribution < -0.4 is 0 Å². The molecule has 2 aromatic heterocycles. The summed E-state index contributed by atoms with van der Waals surface area (Å²) < 4.78 is 0. The zero-order valence-corrected chi connectivity index (χ0v) is 9.46. The molecule has 0 N–H and O–H groups in total. The Labute approximate surface area is 102 Å². The molecule has 0 bridgehead atoms. The predicted octanol–water partition coefficient (Wildman–Crippen LogP) is 2.63. The van der Waals surface area contributed by atoms with Crippen LogP contribution >= 0.6 is 11.6 Å². The topological polar surface area (TPSA) is 68.9 Å². The number of aromatic nitrogens is 2. The van der Waals surface area contributed by atoms with Crippen molar-refractivity contribution in [1.29, 1.82) is 0 Å². The van der Waals surface area contributed by atoms with Gasteiger partial charge in [0, 0.05) is 24.9 Å². The average Bonchev–Trinajstić information content (AvgIpc) is 2.30. The van der Waals surface area contributed by atoms with Crippen molar-refractivity contribution in [3.63, 3.8) is 0 Å². The van der Waals surface area contributed by atoms with E-state index in [1.54, 1.807) is 24.5 Å². The van der Waals surface area contributed by atoms with E-state index in [1.165, 1.54) is 12.1 Å². The van der Waals surface area contributed by atoms with Crippen molar-refractivity contribution in [2.24, 2.45) is 0 Å². The molecule has 6 heteroatoms. The number of hydrogen-bond donors (Lipinski definition) is 0. The molecule has 0 amide bonds. The first-order valence-electron chi connectivity index (χ1n) is 4.85. The highest BCUT2D eigenvalue weighted by Gasteiger charge is 2.15. The largest absolute Gasteiger partial charge is 0.291 e. The lowest BCUT2D eigenvalue weighted by molar-refractivity contribution is -0.385. The fourth-order valence-electron chi connectivity index (χ4n) is 1.46. The molecule has 0 aromatic carbocycles. The van der Waals surface area contributed by atoms with E-state index in [0.717, 1.165) is 5.56 Å². The van der Waals surface area contributed by atoms with Gasteiger partial charge in [-0.25, -0.2) is 4.98 Å². The van der Waals surface area contributed by atoms with Crippen molar-refractivity contribution in [1.82, 2.24) is 9.97 Å². The molecule has 17 heavy (non-hydrogen) atoms. The summed E-state index contributed by atoms with van der Waals surface area (Å²) in [5, 5.41) is 11.1. The smallest absolute Gasteiger partial charge is 0.265 e. The van der Waals surface area contributed by atoms with Gasteiger partial charge in [-0.3, -0.25) is 15.1 Å². The first-order chi connectivity index (χ1) is 8.16. The number of nitrogens with zero attached hydrogens (tertiary/aromatic N) is 3. The van der Waals surface area contributed by atoms with E-state index in [-0.39, 0.29) is 10.8 Å². The highest BCUT2D eigenvalue weighted by atomic mass is 35.5. The molecule has 5 nitrogen and oxygen atoms in total. The first kappa shape index (κ1) is 11.5. The quantitative estimate of drug-likeness (QED) is 0.476. The van der Waals surface area contributed by atoms with Gasteiger partial charge >= 0.3 is 0 Å². The minimum atomic E-state index is -0.458. The van der Waals surface area contributed by atoms with Crippen LogP contribution in [0.5, 0.6) is 0 Å². The second-order valence-electron chi connectivity index (χ2n) is 3.39. The number of rotatable bonds is 3. The van der Waals surface area contributed by atoms with Gasteiger partial charge in [-0.1, -0.05) is 11.6 Å². The molecular weight excluding hydrogens is 242 g/mol. The van der Waals surface area contributed by atoms with Crippen molar-refractivity contribution in [3.05, 3.63) is 63.2 Å². The van der Waals surface area contributed by atoms with Crippen LogP contribution in [0, 0.1) is 10.1 Å². The van der Waals surface area contributed by atoms with Crippen molar-refractivity contribution in [2.45, 2.75) is 6.42 Å². The third-order valence-electron chi connectivity index (χ3n) is 2.23. The Morgan fingerprint density at radius 1 is 1.24 bits per heavy atom. The molecule has 0 atom stereocenters. The molecule has 2 heterocycles. The molecule has 0 aliphatic carbocycles. The van der Waals surface area contributed by atoms with E-state index in [4.69, 9.17) is 11.6 Å². The number of pyridine rings is 2. The van der Waals surface area contributed by atoms with E-state index in [2.05, 4.69) is 9.97 Å². The summed E-state index contributed by atoms with van der Waals surface area (Å²) >= 11 is 5.74. The fraction of sp³-hybridized carbons (Fsp3) is 0.0909. The van der Waals surface area contributed by atoms with Gasteiger partial charge in [0.2, 0.25) is 0 Å². The molecule has 0 radical (unpaired) electrons. The van der Waals surface area contributed by atoms with Gasteiger partial charge < -0.3 is 0 Å². The maximum Gasteiger partial charge on any atom is 0.291 e. The molecule has 0 saturated heterocycles. The van der Waals surface area contributed by atoms with Crippen LogP contribution in [0.25, 0.3) is 0 Å². The Hall–Kier alpha value is -2.01. The van der Waals surface area contributed by atoms with Crippen LogP contribution in [0.2, 0.25) is 5.15 Å². The Bertz CT molecular complexity index is 546. The van der Waals surface area contributed by atoms with Gasteiger partial charge in [0.15, 0.2) is 0 Å². The molecule has 0 saturated carbocycles. The predicted molar refractivity (Wildman–Crippen MR) is 62.9 cm³/mol. The van der Waals surface area contributed by atoms with Gasteiger partial charge in [0.05, 0.1) is 4.92 Å². The van der Waals surface area contributed by atoms with E-state index in [0.29, 0.717) is 12.1 Å². The monoisotopic (exact) mass is 249 g/mol. The van der Waals surface area contributed by atoms with Crippen LogP contribution in [0.15, 0.2) is 36.7 Å². The van der Waals surface area contributed by atoms with Crippen molar-refractivity contribution < 1.29 is 4.92 Å². The van der Waals surface area contributed by atoms with Gasteiger partial charge in [-0.05, 0) is 23.8 Å². The highest BCUT2D eigenvalue weighted by Crippen LogP contribution is 2.21. The molecule has 0 unspecified atom stereocenters. The summed E-state index contributed by atoms with van der Waals surface area (Å²) in [4.78, 5) is 18.2. The Kier molecular flexibility index (Phi) is 3.30. The van der Waals surface area contributed by atoms with Crippen LogP contribution in [0.4, 0.5) is 5.69 Å². The first-order valence-corrected chi connectivity index (χ1v) is 5.23. The Morgan fingerprint density at radius 3 is 2.59 bits per heavy atom. The minimum Gasteiger partial charge on any atom is -0.265 e. The molecule has 0 aliphatic heterocycles. The second kappa shape index (κ2) is 4.88. The Morgan fingerprint density at radius 2 is 1.94 bits per heavy atom. The van der Waals surface area contributed by atoms with Crippen LogP contribution in [-0.2, 0) is 6.42 Å². The van der Waals surface area contributed by atoms with Crippen LogP contribution in [-0.4, -0.2) is 14.9 Å². The van der Waals surface area contributed by atoms with Gasteiger partial charge in [-0.2, -0.15) is 0 Å². The lowest BCUT2D eigenvalue weighted by Crippen LogP contribution is -2.00. The summed E-state index contributed by atoms with van der Waals surface area (Å²) in [5.74, 6) is 0. The molecule has 2 rings (SSSR count). The van der Waals surface area contributed by atoms with Crippen molar-refractivity contribution in [2.75, 3.05) is 0 Å². The maximum atomic E-state index is 10.8. The molecule has 2 aromatic rings. The van der Waals surface area contributed by atoms with Crippen LogP contribution in [0.1, 0.15) is 11.3 Å². The van der Waals surface area contributed by atoms with Crippen LogP contribution in [0.3, 0.4) is 0 Å². The summed E-state index contributed by atoms with van der Waals surface area (Å²) in [5.41, 5.74) is 1.23. The zero-order valence-electron chi connectivity index (χ0n) is 8.71. The number of halogens is 1. The highest BCUT2D eigenvalue weighted by molar-refractivity contribution is 6.29. The van der Waals surface area contributed by atoms with E-state index < -0.39 is 4.92 Å².